The highest BCUT2D eigenvalue weighted by atomic mass is 31.1. The summed E-state index contributed by atoms with van der Waals surface area (Å²) in [4.78, 5) is 0. The van der Waals surface area contributed by atoms with Gasteiger partial charge in [-0.2, -0.15) is 0 Å². The van der Waals surface area contributed by atoms with E-state index in [2.05, 4.69) is 26.1 Å². The summed E-state index contributed by atoms with van der Waals surface area (Å²) in [5.74, 6) is 0.449. The molecule has 0 bridgehead atoms. The van der Waals surface area contributed by atoms with Crippen molar-refractivity contribution in [1.82, 2.24) is 5.32 Å². The molecule has 0 saturated heterocycles. The van der Waals surface area contributed by atoms with E-state index in [0.29, 0.717) is 14.4 Å². The molecule has 0 rings (SSSR count). The van der Waals surface area contributed by atoms with E-state index in [-0.39, 0.29) is 5.53 Å². The Kier molecular flexibility index (Phi) is 6.88. The molecule has 0 aromatic rings. The Morgan fingerprint density at radius 3 is 2.15 bits per heavy atom. The smallest absolute Gasteiger partial charge is 0.184 e. The van der Waals surface area contributed by atoms with Crippen molar-refractivity contribution in [2.45, 2.75) is 38.5 Å². The summed E-state index contributed by atoms with van der Waals surface area (Å²) < 4.78 is 10.8. The normalized spacial score (nSPS) is 15.5. The lowest BCUT2D eigenvalue weighted by atomic mass is 10.5. The zero-order chi connectivity index (χ0) is 10.3. The molecule has 0 aliphatic rings. The summed E-state index contributed by atoms with van der Waals surface area (Å²) in [5.41, 5.74) is -0.387. The minimum atomic E-state index is -0.387. The van der Waals surface area contributed by atoms with E-state index in [9.17, 15) is 0 Å². The van der Waals surface area contributed by atoms with E-state index in [1.807, 2.05) is 0 Å². The van der Waals surface area contributed by atoms with Crippen LogP contribution in [0, 0.1) is 0 Å². The monoisotopic (exact) mass is 207 g/mol. The first-order chi connectivity index (χ1) is 6.14. The Labute approximate surface area is 83.4 Å². The van der Waals surface area contributed by atoms with Gasteiger partial charge in [-0.05, 0) is 22.0 Å². The third-order valence-electron chi connectivity index (χ3n) is 2.07. The quantitative estimate of drug-likeness (QED) is 0.511. The van der Waals surface area contributed by atoms with Gasteiger partial charge in [-0.25, -0.2) is 0 Å². The molecule has 80 valence electrons. The van der Waals surface area contributed by atoms with Crippen molar-refractivity contribution in [1.29, 1.82) is 0 Å². The molecule has 0 aromatic carbocycles. The van der Waals surface area contributed by atoms with Gasteiger partial charge >= 0.3 is 0 Å². The van der Waals surface area contributed by atoms with E-state index in [0.717, 1.165) is 13.0 Å². The van der Waals surface area contributed by atoms with E-state index < -0.39 is 0 Å². The van der Waals surface area contributed by atoms with Gasteiger partial charge in [-0.1, -0.05) is 13.8 Å². The van der Waals surface area contributed by atoms with Crippen LogP contribution in [0.1, 0.15) is 27.2 Å². The molecule has 0 amide bonds. The highest BCUT2D eigenvalue weighted by Gasteiger charge is 2.28. The molecule has 2 unspecified atom stereocenters. The molecule has 13 heavy (non-hydrogen) atoms. The molecular formula is C9H22NO2P. The van der Waals surface area contributed by atoms with Crippen LogP contribution in [0.3, 0.4) is 0 Å². The van der Waals surface area contributed by atoms with Gasteiger partial charge in [-0.3, -0.25) is 0 Å². The molecule has 1 N–H and O–H groups in total. The zero-order valence-corrected chi connectivity index (χ0v) is 10.3. The third kappa shape index (κ3) is 4.37. The number of rotatable bonds is 7. The van der Waals surface area contributed by atoms with Gasteiger partial charge in [0.05, 0.1) is 0 Å². The van der Waals surface area contributed by atoms with Crippen molar-refractivity contribution < 1.29 is 9.47 Å². The third-order valence-corrected chi connectivity index (χ3v) is 3.91. The molecular weight excluding hydrogens is 185 g/mol. The van der Waals surface area contributed by atoms with Crippen LogP contribution in [0.15, 0.2) is 0 Å². The first-order valence-corrected chi connectivity index (χ1v) is 5.83. The van der Waals surface area contributed by atoms with Crippen molar-refractivity contribution in [3.8, 4) is 0 Å². The molecule has 0 saturated carbocycles. The predicted molar refractivity (Wildman–Crippen MR) is 58.5 cm³/mol. The molecule has 0 fully saturated rings. The zero-order valence-electron chi connectivity index (χ0n) is 9.31. The lowest BCUT2D eigenvalue weighted by Crippen LogP contribution is -2.33. The van der Waals surface area contributed by atoms with Gasteiger partial charge < -0.3 is 14.8 Å². The second-order valence-electron chi connectivity index (χ2n) is 2.94. The molecule has 0 heterocycles. The maximum atomic E-state index is 5.40. The SMILES string of the molecule is CCNC(C)PC(CC)(OC)OC. The van der Waals surface area contributed by atoms with E-state index >= 15 is 0 Å². The van der Waals surface area contributed by atoms with Crippen LogP contribution in [0.4, 0.5) is 0 Å². The molecule has 4 heteroatoms. The molecule has 3 nitrogen and oxygen atoms in total. The van der Waals surface area contributed by atoms with Crippen molar-refractivity contribution in [2.24, 2.45) is 0 Å². The van der Waals surface area contributed by atoms with Gasteiger partial charge in [0.1, 0.15) is 0 Å². The molecule has 0 radical (unpaired) electrons. The van der Waals surface area contributed by atoms with Gasteiger partial charge in [0.15, 0.2) is 5.53 Å². The molecule has 2 atom stereocenters. The van der Waals surface area contributed by atoms with Gasteiger partial charge in [0, 0.05) is 26.4 Å². The second kappa shape index (κ2) is 6.72. The van der Waals surface area contributed by atoms with Crippen molar-refractivity contribution in [3.05, 3.63) is 0 Å². The molecule has 0 spiro atoms. The fourth-order valence-corrected chi connectivity index (χ4v) is 2.68. The lowest BCUT2D eigenvalue weighted by molar-refractivity contribution is -0.138. The standard InChI is InChI=1S/C9H22NO2P/c1-6-9(11-4,12-5)13-8(3)10-7-2/h8,10,13H,6-7H2,1-5H3. The Morgan fingerprint density at radius 1 is 1.31 bits per heavy atom. The van der Waals surface area contributed by atoms with E-state index in [1.54, 1.807) is 14.2 Å². The Balaban J connectivity index is 4.07. The van der Waals surface area contributed by atoms with Crippen molar-refractivity contribution in [2.75, 3.05) is 20.8 Å². The minimum absolute atomic E-state index is 0.387. The van der Waals surface area contributed by atoms with Crippen LogP contribution >= 0.6 is 8.58 Å². The first-order valence-electron chi connectivity index (χ1n) is 4.75. The fourth-order valence-electron chi connectivity index (χ4n) is 1.28. The van der Waals surface area contributed by atoms with E-state index in [1.165, 1.54) is 0 Å². The number of methoxy groups -OCH3 is 2. The summed E-state index contributed by atoms with van der Waals surface area (Å²) >= 11 is 0. The van der Waals surface area contributed by atoms with Gasteiger partial charge in [-0.15, -0.1) is 0 Å². The summed E-state index contributed by atoms with van der Waals surface area (Å²) in [6.45, 7) is 7.33. The topological polar surface area (TPSA) is 30.5 Å². The summed E-state index contributed by atoms with van der Waals surface area (Å²) in [6, 6.07) is 0. The summed E-state index contributed by atoms with van der Waals surface area (Å²) in [6.07, 6.45) is 0.883. The van der Waals surface area contributed by atoms with Crippen LogP contribution in [-0.4, -0.2) is 32.1 Å². The van der Waals surface area contributed by atoms with Crippen LogP contribution in [0.2, 0.25) is 0 Å². The Bertz CT molecular complexity index is 121. The molecule has 0 aromatic heterocycles. The summed E-state index contributed by atoms with van der Waals surface area (Å²) in [7, 11) is 4.03. The van der Waals surface area contributed by atoms with Crippen LogP contribution < -0.4 is 5.32 Å². The van der Waals surface area contributed by atoms with Gasteiger partial charge in [0.2, 0.25) is 0 Å². The average Bonchev–Trinajstić information content (AvgIpc) is 2.15. The Hall–Kier alpha value is 0.310. The number of hydrogen-bond donors (Lipinski definition) is 1. The maximum Gasteiger partial charge on any atom is 0.184 e. The Morgan fingerprint density at radius 2 is 1.85 bits per heavy atom. The number of nitrogens with one attached hydrogen (secondary N) is 1. The van der Waals surface area contributed by atoms with Crippen LogP contribution in [0.5, 0.6) is 0 Å². The van der Waals surface area contributed by atoms with Crippen molar-refractivity contribution >= 4 is 8.58 Å². The van der Waals surface area contributed by atoms with Crippen LogP contribution in [0.25, 0.3) is 0 Å². The van der Waals surface area contributed by atoms with Crippen LogP contribution in [-0.2, 0) is 9.47 Å². The first kappa shape index (κ1) is 13.3. The highest BCUT2D eigenvalue weighted by Crippen LogP contribution is 2.38. The lowest BCUT2D eigenvalue weighted by Gasteiger charge is -2.32. The molecule has 0 aliphatic carbocycles. The average molecular weight is 207 g/mol. The second-order valence-corrected chi connectivity index (χ2v) is 4.85. The minimum Gasteiger partial charge on any atom is -0.350 e. The largest absolute Gasteiger partial charge is 0.350 e. The van der Waals surface area contributed by atoms with Crippen molar-refractivity contribution in [3.63, 3.8) is 0 Å². The van der Waals surface area contributed by atoms with E-state index in [4.69, 9.17) is 9.47 Å². The number of ether oxygens (including phenoxy) is 2. The summed E-state index contributed by atoms with van der Waals surface area (Å²) in [5, 5.41) is 3.36. The van der Waals surface area contributed by atoms with Gasteiger partial charge in [0.25, 0.3) is 0 Å². The highest BCUT2D eigenvalue weighted by molar-refractivity contribution is 7.40. The number of hydrogen-bond acceptors (Lipinski definition) is 3. The predicted octanol–water partition coefficient (Wildman–Crippen LogP) is 1.98. The molecule has 0 aliphatic heterocycles. The maximum absolute atomic E-state index is 5.40. The fraction of sp³-hybridized carbons (Fsp3) is 1.00.